The third-order valence-corrected chi connectivity index (χ3v) is 3.39. The van der Waals surface area contributed by atoms with E-state index >= 15 is 0 Å². The zero-order valence-electron chi connectivity index (χ0n) is 14.5. The third-order valence-electron chi connectivity index (χ3n) is 3.39. The molecule has 1 aromatic carbocycles. The number of rotatable bonds is 11. The number of amides is 1. The number of hydrogen-bond acceptors (Lipinski definition) is 4. The van der Waals surface area contributed by atoms with E-state index < -0.39 is 37.1 Å². The fourth-order valence-corrected chi connectivity index (χ4v) is 1.98. The lowest BCUT2D eigenvalue weighted by Gasteiger charge is -2.26. The molecule has 26 heavy (non-hydrogen) atoms. The van der Waals surface area contributed by atoms with E-state index in [1.165, 1.54) is 6.08 Å². The molecule has 0 heterocycles. The number of alkyl carbamates (subject to hydrolysis) is 1. The van der Waals surface area contributed by atoms with Crippen LogP contribution in [0.2, 0.25) is 0 Å². The lowest BCUT2D eigenvalue weighted by Crippen LogP contribution is -2.50. The largest absolute Gasteiger partial charge is 0.463 e. The Balaban J connectivity index is 2.62. The molecule has 1 aromatic rings. The van der Waals surface area contributed by atoms with Crippen LogP contribution in [0.5, 0.6) is 0 Å². The van der Waals surface area contributed by atoms with Crippen molar-refractivity contribution in [3.8, 4) is 0 Å². The molecule has 0 radical (unpaired) electrons. The Morgan fingerprint density at radius 1 is 1.15 bits per heavy atom. The van der Waals surface area contributed by atoms with Crippen molar-refractivity contribution in [1.82, 2.24) is 5.32 Å². The minimum absolute atomic E-state index is 0.0295. The fraction of sp³-hybridized carbons (Fsp3) is 0.368. The highest BCUT2D eigenvalue weighted by Crippen LogP contribution is 2.24. The average Bonchev–Trinajstić information content (AvgIpc) is 2.62. The van der Waals surface area contributed by atoms with E-state index in [9.17, 15) is 18.4 Å². The molecule has 0 unspecified atom stereocenters. The lowest BCUT2D eigenvalue weighted by molar-refractivity contribution is -0.147. The summed E-state index contributed by atoms with van der Waals surface area (Å²) in [4.78, 5) is 23.4. The molecule has 0 aliphatic heterocycles. The van der Waals surface area contributed by atoms with Crippen LogP contribution in [0.3, 0.4) is 0 Å². The van der Waals surface area contributed by atoms with Crippen LogP contribution >= 0.6 is 0 Å². The number of hydrogen-bond donors (Lipinski definition) is 1. The zero-order chi connectivity index (χ0) is 19.4. The standard InChI is InChI=1S/C19H23F2NO4/c1-3-5-11-17(23)25-14-16(19(20,21)12-4-2)22-18(24)26-13-15-9-7-6-8-10-15/h3-4,6-10,16H,1-2,5,11-14H2,(H,22,24)/t16-/m1/s1. The lowest BCUT2D eigenvalue weighted by atomic mass is 10.1. The van der Waals surface area contributed by atoms with Gasteiger partial charge in [-0.25, -0.2) is 13.6 Å². The molecule has 0 saturated carbocycles. The van der Waals surface area contributed by atoms with E-state index in [1.807, 2.05) is 0 Å². The first kappa shape index (κ1) is 21.3. The molecular weight excluding hydrogens is 344 g/mol. The van der Waals surface area contributed by atoms with Crippen LogP contribution in [-0.4, -0.2) is 30.6 Å². The summed E-state index contributed by atoms with van der Waals surface area (Å²) >= 11 is 0. The van der Waals surface area contributed by atoms with Crippen LogP contribution in [0.1, 0.15) is 24.8 Å². The van der Waals surface area contributed by atoms with Crippen molar-refractivity contribution in [2.45, 2.75) is 37.8 Å². The van der Waals surface area contributed by atoms with Gasteiger partial charge in [0.1, 0.15) is 19.3 Å². The fourth-order valence-electron chi connectivity index (χ4n) is 1.98. The quantitative estimate of drug-likeness (QED) is 0.474. The minimum Gasteiger partial charge on any atom is -0.463 e. The van der Waals surface area contributed by atoms with E-state index in [0.717, 1.165) is 6.08 Å². The number of alkyl halides is 2. The Bertz CT molecular complexity index is 605. The Kier molecular flexibility index (Phi) is 9.05. The predicted octanol–water partition coefficient (Wildman–Crippen LogP) is 4.00. The van der Waals surface area contributed by atoms with Crippen molar-refractivity contribution in [1.29, 1.82) is 0 Å². The van der Waals surface area contributed by atoms with Gasteiger partial charge >= 0.3 is 12.1 Å². The molecule has 7 heteroatoms. The first-order chi connectivity index (χ1) is 12.4. The number of carbonyl (C=O) groups is 2. The number of benzene rings is 1. The van der Waals surface area contributed by atoms with Crippen molar-refractivity contribution in [3.05, 3.63) is 61.2 Å². The van der Waals surface area contributed by atoms with Gasteiger partial charge in [-0.15, -0.1) is 13.2 Å². The molecule has 1 rings (SSSR count). The molecular formula is C19H23F2NO4. The van der Waals surface area contributed by atoms with Crippen LogP contribution < -0.4 is 5.32 Å². The van der Waals surface area contributed by atoms with E-state index in [0.29, 0.717) is 12.0 Å². The molecule has 0 fully saturated rings. The summed E-state index contributed by atoms with van der Waals surface area (Å²) in [5.74, 6) is -3.99. The zero-order valence-corrected chi connectivity index (χ0v) is 14.5. The molecule has 1 atom stereocenters. The number of allylic oxidation sites excluding steroid dienone is 2. The molecule has 1 amide bonds. The van der Waals surface area contributed by atoms with Crippen LogP contribution in [0.25, 0.3) is 0 Å². The van der Waals surface area contributed by atoms with Crippen molar-refractivity contribution >= 4 is 12.1 Å². The number of halogens is 2. The van der Waals surface area contributed by atoms with Crippen LogP contribution in [-0.2, 0) is 20.9 Å². The second kappa shape index (κ2) is 11.0. The summed E-state index contributed by atoms with van der Waals surface area (Å²) in [5.41, 5.74) is 0.716. The first-order valence-corrected chi connectivity index (χ1v) is 8.11. The monoisotopic (exact) mass is 367 g/mol. The topological polar surface area (TPSA) is 64.6 Å². The second-order valence-electron chi connectivity index (χ2n) is 5.52. The maximum atomic E-state index is 14.2. The Morgan fingerprint density at radius 3 is 2.46 bits per heavy atom. The van der Waals surface area contributed by atoms with Gasteiger partial charge in [0.05, 0.1) is 0 Å². The maximum absolute atomic E-state index is 14.2. The number of nitrogens with one attached hydrogen (secondary N) is 1. The van der Waals surface area contributed by atoms with E-state index in [-0.39, 0.29) is 13.0 Å². The van der Waals surface area contributed by atoms with Crippen molar-refractivity contribution in [2.24, 2.45) is 0 Å². The Morgan fingerprint density at radius 2 is 1.85 bits per heavy atom. The molecule has 0 spiro atoms. The maximum Gasteiger partial charge on any atom is 0.408 e. The molecule has 0 bridgehead atoms. The van der Waals surface area contributed by atoms with E-state index in [1.54, 1.807) is 30.3 Å². The molecule has 0 aliphatic carbocycles. The Labute approximate surface area is 151 Å². The van der Waals surface area contributed by atoms with Gasteiger partial charge in [0.2, 0.25) is 0 Å². The van der Waals surface area contributed by atoms with Crippen molar-refractivity contribution in [3.63, 3.8) is 0 Å². The molecule has 142 valence electrons. The van der Waals surface area contributed by atoms with Gasteiger partial charge in [0.25, 0.3) is 5.92 Å². The smallest absolute Gasteiger partial charge is 0.408 e. The second-order valence-corrected chi connectivity index (χ2v) is 5.52. The third kappa shape index (κ3) is 7.92. The SMILES string of the molecule is C=CCCC(=O)OC[C@@H](NC(=O)OCc1ccccc1)C(F)(F)CC=C. The van der Waals surface area contributed by atoms with Gasteiger partial charge in [0.15, 0.2) is 0 Å². The summed E-state index contributed by atoms with van der Waals surface area (Å²) in [6.45, 7) is 6.01. The summed E-state index contributed by atoms with van der Waals surface area (Å²) in [7, 11) is 0. The van der Waals surface area contributed by atoms with Gasteiger partial charge in [-0.2, -0.15) is 0 Å². The Hall–Kier alpha value is -2.70. The first-order valence-electron chi connectivity index (χ1n) is 8.11. The molecule has 0 aliphatic rings. The predicted molar refractivity (Wildman–Crippen MR) is 93.7 cm³/mol. The minimum atomic E-state index is -3.34. The molecule has 0 aromatic heterocycles. The number of esters is 1. The van der Waals surface area contributed by atoms with Crippen LogP contribution in [0.15, 0.2) is 55.6 Å². The highest BCUT2D eigenvalue weighted by Gasteiger charge is 2.40. The van der Waals surface area contributed by atoms with Gasteiger partial charge in [-0.1, -0.05) is 42.5 Å². The van der Waals surface area contributed by atoms with Crippen LogP contribution in [0, 0.1) is 0 Å². The number of ether oxygens (including phenoxy) is 2. The van der Waals surface area contributed by atoms with Gasteiger partial charge in [-0.05, 0) is 12.0 Å². The van der Waals surface area contributed by atoms with Gasteiger partial charge < -0.3 is 14.8 Å². The molecule has 0 saturated heterocycles. The summed E-state index contributed by atoms with van der Waals surface area (Å²) in [6, 6.07) is 7.07. The highest BCUT2D eigenvalue weighted by molar-refractivity contribution is 5.70. The van der Waals surface area contributed by atoms with E-state index in [4.69, 9.17) is 9.47 Å². The normalized spacial score (nSPS) is 11.9. The summed E-state index contributed by atoms with van der Waals surface area (Å²) in [5, 5.41) is 2.07. The highest BCUT2D eigenvalue weighted by atomic mass is 19.3. The van der Waals surface area contributed by atoms with Crippen molar-refractivity contribution < 1.29 is 27.8 Å². The summed E-state index contributed by atoms with van der Waals surface area (Å²) in [6.07, 6.45) is 1.25. The molecule has 1 N–H and O–H groups in total. The number of carbonyl (C=O) groups excluding carboxylic acids is 2. The average molecular weight is 367 g/mol. The van der Waals surface area contributed by atoms with Gasteiger partial charge in [-0.3, -0.25) is 4.79 Å². The van der Waals surface area contributed by atoms with Crippen molar-refractivity contribution in [2.75, 3.05) is 6.61 Å². The molecule has 5 nitrogen and oxygen atoms in total. The summed E-state index contributed by atoms with van der Waals surface area (Å²) < 4.78 is 38.1. The van der Waals surface area contributed by atoms with Crippen LogP contribution in [0.4, 0.5) is 13.6 Å². The van der Waals surface area contributed by atoms with E-state index in [2.05, 4.69) is 18.5 Å². The van der Waals surface area contributed by atoms with Gasteiger partial charge in [0, 0.05) is 12.8 Å².